The second kappa shape index (κ2) is 7.26. The van der Waals surface area contributed by atoms with Crippen LogP contribution in [0.1, 0.15) is 50.4 Å². The highest BCUT2D eigenvalue weighted by molar-refractivity contribution is 6.05. The minimum Gasteiger partial charge on any atom is -0.449 e. The van der Waals surface area contributed by atoms with Crippen LogP contribution in [0.2, 0.25) is 0 Å². The Kier molecular flexibility index (Phi) is 5.07. The zero-order valence-electron chi connectivity index (χ0n) is 15.1. The molecule has 0 aromatic heterocycles. The largest absolute Gasteiger partial charge is 0.449 e. The summed E-state index contributed by atoms with van der Waals surface area (Å²) in [6, 6.07) is 13.6. The molecule has 4 nitrogen and oxygen atoms in total. The maximum absolute atomic E-state index is 12.8. The van der Waals surface area contributed by atoms with E-state index in [0.29, 0.717) is 5.56 Å². The Balaban J connectivity index is 1.76. The van der Waals surface area contributed by atoms with Crippen LogP contribution in [0, 0.1) is 0 Å². The summed E-state index contributed by atoms with van der Waals surface area (Å²) in [7, 11) is 0. The summed E-state index contributed by atoms with van der Waals surface area (Å²) in [5.74, 6) is -0.553. The Morgan fingerprint density at radius 2 is 1.68 bits per heavy atom. The number of likely N-dealkylation sites (tertiary alicyclic amines) is 1. The van der Waals surface area contributed by atoms with Crippen LogP contribution < -0.4 is 0 Å². The average Bonchev–Trinajstić information content (AvgIpc) is 2.60. The van der Waals surface area contributed by atoms with Gasteiger partial charge in [-0.1, -0.05) is 36.4 Å². The highest BCUT2D eigenvalue weighted by Gasteiger charge is 2.33. The lowest BCUT2D eigenvalue weighted by molar-refractivity contribution is -0.146. The molecule has 2 aromatic carbocycles. The molecule has 0 N–H and O–H groups in total. The predicted molar refractivity (Wildman–Crippen MR) is 98.4 cm³/mol. The normalized spacial score (nSPS) is 21.8. The molecule has 1 fully saturated rings. The first-order chi connectivity index (χ1) is 12.0. The Hall–Kier alpha value is -2.36. The van der Waals surface area contributed by atoms with Gasteiger partial charge in [-0.05, 0) is 56.9 Å². The summed E-state index contributed by atoms with van der Waals surface area (Å²) in [5, 5.41) is 1.82. The number of amides is 1. The van der Waals surface area contributed by atoms with Crippen LogP contribution in [0.15, 0.2) is 42.5 Å². The van der Waals surface area contributed by atoms with Crippen molar-refractivity contribution in [3.8, 4) is 0 Å². The van der Waals surface area contributed by atoms with E-state index in [1.54, 1.807) is 13.0 Å². The van der Waals surface area contributed by atoms with Crippen LogP contribution in [-0.2, 0) is 9.53 Å². The van der Waals surface area contributed by atoms with Gasteiger partial charge in [0.2, 0.25) is 0 Å². The smallest absolute Gasteiger partial charge is 0.339 e. The summed E-state index contributed by atoms with van der Waals surface area (Å²) in [5.41, 5.74) is 0.498. The van der Waals surface area contributed by atoms with E-state index < -0.39 is 12.1 Å². The number of carbonyl (C=O) groups excluding carboxylic acids is 2. The molecule has 132 valence electrons. The zero-order valence-corrected chi connectivity index (χ0v) is 15.1. The van der Waals surface area contributed by atoms with Crippen LogP contribution in [0.3, 0.4) is 0 Å². The zero-order chi connectivity index (χ0) is 18.0. The Bertz CT molecular complexity index is 770. The van der Waals surface area contributed by atoms with Gasteiger partial charge in [0.1, 0.15) is 0 Å². The average molecular weight is 339 g/mol. The standard InChI is InChI=1S/C21H25NO3/c1-14-8-6-9-15(2)22(14)20(23)16(3)25-21(24)19-13-7-11-17-10-4-5-12-18(17)19/h4-5,7,10-16H,6,8-9H2,1-3H3/t14-,15-,16-/m1/s1. The Morgan fingerprint density at radius 1 is 1.04 bits per heavy atom. The van der Waals surface area contributed by atoms with Gasteiger partial charge in [0.05, 0.1) is 5.56 Å². The van der Waals surface area contributed by atoms with Crippen LogP contribution >= 0.6 is 0 Å². The fourth-order valence-electron chi connectivity index (χ4n) is 3.74. The molecule has 0 radical (unpaired) electrons. The van der Waals surface area contributed by atoms with E-state index >= 15 is 0 Å². The van der Waals surface area contributed by atoms with Crippen molar-refractivity contribution >= 4 is 22.6 Å². The lowest BCUT2D eigenvalue weighted by Gasteiger charge is -2.40. The topological polar surface area (TPSA) is 46.6 Å². The van der Waals surface area contributed by atoms with Crippen molar-refractivity contribution in [1.82, 2.24) is 4.90 Å². The number of ether oxygens (including phenoxy) is 1. The lowest BCUT2D eigenvalue weighted by atomic mass is 9.97. The molecule has 2 aromatic rings. The van der Waals surface area contributed by atoms with Gasteiger partial charge < -0.3 is 9.64 Å². The quantitative estimate of drug-likeness (QED) is 0.788. The number of benzene rings is 2. The molecule has 0 bridgehead atoms. The molecule has 0 unspecified atom stereocenters. The summed E-state index contributed by atoms with van der Waals surface area (Å²) < 4.78 is 5.53. The Labute approximate surface area is 148 Å². The van der Waals surface area contributed by atoms with Gasteiger partial charge in [-0.2, -0.15) is 0 Å². The number of piperidine rings is 1. The number of hydrogen-bond donors (Lipinski definition) is 0. The van der Waals surface area contributed by atoms with E-state index in [4.69, 9.17) is 4.74 Å². The minimum absolute atomic E-state index is 0.103. The Morgan fingerprint density at radius 3 is 2.40 bits per heavy atom. The molecule has 1 aliphatic heterocycles. The van der Waals surface area contributed by atoms with Gasteiger partial charge in [0.25, 0.3) is 5.91 Å². The van der Waals surface area contributed by atoms with E-state index in [2.05, 4.69) is 13.8 Å². The number of carbonyl (C=O) groups is 2. The first kappa shape index (κ1) is 17.5. The minimum atomic E-state index is -0.783. The van der Waals surface area contributed by atoms with E-state index in [1.807, 2.05) is 41.3 Å². The van der Waals surface area contributed by atoms with Crippen molar-refractivity contribution in [3.63, 3.8) is 0 Å². The van der Waals surface area contributed by atoms with Gasteiger partial charge in [0, 0.05) is 12.1 Å². The molecular weight excluding hydrogens is 314 g/mol. The van der Waals surface area contributed by atoms with Crippen molar-refractivity contribution in [2.24, 2.45) is 0 Å². The van der Waals surface area contributed by atoms with Gasteiger partial charge >= 0.3 is 5.97 Å². The lowest BCUT2D eigenvalue weighted by Crippen LogP contribution is -2.51. The number of rotatable bonds is 3. The summed E-state index contributed by atoms with van der Waals surface area (Å²) in [6.07, 6.45) is 2.35. The van der Waals surface area contributed by atoms with Crippen molar-refractivity contribution < 1.29 is 14.3 Å². The van der Waals surface area contributed by atoms with Gasteiger partial charge in [0.15, 0.2) is 6.10 Å². The van der Waals surface area contributed by atoms with Crippen molar-refractivity contribution in [1.29, 1.82) is 0 Å². The number of esters is 1. The van der Waals surface area contributed by atoms with Gasteiger partial charge in [-0.25, -0.2) is 4.79 Å². The van der Waals surface area contributed by atoms with Gasteiger partial charge in [-0.3, -0.25) is 4.79 Å². The molecule has 1 heterocycles. The van der Waals surface area contributed by atoms with E-state index in [9.17, 15) is 9.59 Å². The molecule has 1 amide bonds. The van der Waals surface area contributed by atoms with Gasteiger partial charge in [-0.15, -0.1) is 0 Å². The first-order valence-electron chi connectivity index (χ1n) is 9.00. The molecule has 0 saturated carbocycles. The van der Waals surface area contributed by atoms with Crippen LogP contribution in [0.5, 0.6) is 0 Å². The summed E-state index contributed by atoms with van der Waals surface area (Å²) in [4.78, 5) is 27.3. The molecule has 3 rings (SSSR count). The van der Waals surface area contributed by atoms with Crippen molar-refractivity contribution in [2.45, 2.75) is 58.2 Å². The van der Waals surface area contributed by atoms with Crippen molar-refractivity contribution in [3.05, 3.63) is 48.0 Å². The van der Waals surface area contributed by atoms with E-state index in [1.165, 1.54) is 0 Å². The second-order valence-corrected chi connectivity index (χ2v) is 6.95. The fourth-order valence-corrected chi connectivity index (χ4v) is 3.74. The van der Waals surface area contributed by atoms with E-state index in [0.717, 1.165) is 30.0 Å². The van der Waals surface area contributed by atoms with Crippen LogP contribution in [0.25, 0.3) is 10.8 Å². The molecule has 1 saturated heterocycles. The third-order valence-corrected chi connectivity index (χ3v) is 5.09. The third-order valence-electron chi connectivity index (χ3n) is 5.09. The monoisotopic (exact) mass is 339 g/mol. The van der Waals surface area contributed by atoms with Crippen molar-refractivity contribution in [2.75, 3.05) is 0 Å². The number of hydrogen-bond acceptors (Lipinski definition) is 3. The molecule has 4 heteroatoms. The summed E-state index contributed by atoms with van der Waals surface area (Å²) >= 11 is 0. The molecule has 0 spiro atoms. The second-order valence-electron chi connectivity index (χ2n) is 6.95. The fraction of sp³-hybridized carbons (Fsp3) is 0.429. The predicted octanol–water partition coefficient (Wildman–Crippen LogP) is 4.17. The molecule has 25 heavy (non-hydrogen) atoms. The highest BCUT2D eigenvalue weighted by Crippen LogP contribution is 2.24. The number of nitrogens with zero attached hydrogens (tertiary/aromatic N) is 1. The molecule has 1 aliphatic rings. The van der Waals surface area contributed by atoms with E-state index in [-0.39, 0.29) is 18.0 Å². The molecule has 0 aliphatic carbocycles. The summed E-state index contributed by atoms with van der Waals surface area (Å²) in [6.45, 7) is 5.79. The molecule has 3 atom stereocenters. The SMILES string of the molecule is C[C@@H]1CCC[C@@H](C)N1C(=O)[C@@H](C)OC(=O)c1cccc2ccccc12. The van der Waals surface area contributed by atoms with Crippen LogP contribution in [-0.4, -0.2) is 35.0 Å². The maximum Gasteiger partial charge on any atom is 0.339 e. The van der Waals surface area contributed by atoms with Crippen LogP contribution in [0.4, 0.5) is 0 Å². The third kappa shape index (κ3) is 3.53. The first-order valence-corrected chi connectivity index (χ1v) is 9.00. The molecular formula is C21H25NO3. The maximum atomic E-state index is 12.8. The number of fused-ring (bicyclic) bond motifs is 1. The highest BCUT2D eigenvalue weighted by atomic mass is 16.5.